The van der Waals surface area contributed by atoms with Gasteiger partial charge in [0, 0.05) is 25.1 Å². The Morgan fingerprint density at radius 2 is 2.30 bits per heavy atom. The van der Waals surface area contributed by atoms with Crippen LogP contribution in [0.4, 0.5) is 4.39 Å². The number of aromatic nitrogens is 2. The molecule has 1 aliphatic rings. The monoisotopic (exact) mass is 286 g/mol. The van der Waals surface area contributed by atoms with Crippen LogP contribution in [0.5, 0.6) is 0 Å². The fraction of sp³-hybridized carbons (Fsp3) is 0.583. The normalized spacial score (nSPS) is 25.6. The van der Waals surface area contributed by atoms with Gasteiger partial charge in [-0.15, -0.1) is 0 Å². The summed E-state index contributed by atoms with van der Waals surface area (Å²) in [5, 5.41) is 0. The van der Waals surface area contributed by atoms with E-state index in [-0.39, 0.29) is 13.0 Å². The van der Waals surface area contributed by atoms with E-state index in [0.717, 1.165) is 4.57 Å². The number of alkyl halides is 1. The first-order valence-corrected chi connectivity index (χ1v) is 6.13. The number of esters is 1. The molecule has 0 aliphatic carbocycles. The van der Waals surface area contributed by atoms with Crippen molar-refractivity contribution >= 4 is 5.97 Å². The number of ether oxygens (including phenoxy) is 2. The molecule has 0 amide bonds. The second-order valence-electron chi connectivity index (χ2n) is 4.66. The molecule has 110 valence electrons. The second kappa shape index (κ2) is 5.58. The summed E-state index contributed by atoms with van der Waals surface area (Å²) in [5.41, 5.74) is -0.824. The largest absolute Gasteiger partial charge is 0.463 e. The number of aryl methyl sites for hydroxylation is 1. The molecule has 8 heteroatoms. The molecule has 3 atom stereocenters. The molecule has 1 N–H and O–H groups in total. The van der Waals surface area contributed by atoms with Crippen LogP contribution in [0.25, 0.3) is 0 Å². The van der Waals surface area contributed by atoms with Crippen LogP contribution in [0, 0.1) is 6.92 Å². The van der Waals surface area contributed by atoms with Crippen LogP contribution in [0.1, 0.15) is 25.1 Å². The maximum absolute atomic E-state index is 13.8. The minimum Gasteiger partial charge on any atom is -0.463 e. The second-order valence-corrected chi connectivity index (χ2v) is 4.66. The molecule has 2 heterocycles. The third-order valence-corrected chi connectivity index (χ3v) is 3.07. The number of carbonyl (C=O) groups excluding carboxylic acids is 1. The van der Waals surface area contributed by atoms with Crippen LogP contribution in [0.3, 0.4) is 0 Å². The number of nitrogens with one attached hydrogen (secondary N) is 1. The van der Waals surface area contributed by atoms with E-state index in [1.807, 2.05) is 0 Å². The first-order chi connectivity index (χ1) is 9.38. The van der Waals surface area contributed by atoms with Gasteiger partial charge in [0.2, 0.25) is 0 Å². The molecule has 1 aromatic rings. The molecule has 1 saturated heterocycles. The Kier molecular flexibility index (Phi) is 4.03. The van der Waals surface area contributed by atoms with E-state index in [2.05, 4.69) is 4.98 Å². The highest BCUT2D eigenvalue weighted by molar-refractivity contribution is 5.65. The highest BCUT2D eigenvalue weighted by atomic mass is 19.1. The van der Waals surface area contributed by atoms with Crippen molar-refractivity contribution in [1.82, 2.24) is 9.55 Å². The Bertz CT molecular complexity index is 623. The smallest absolute Gasteiger partial charge is 0.330 e. The number of H-pyrrole nitrogens is 1. The summed E-state index contributed by atoms with van der Waals surface area (Å²) in [7, 11) is 0. The first-order valence-electron chi connectivity index (χ1n) is 6.13. The van der Waals surface area contributed by atoms with Gasteiger partial charge < -0.3 is 9.47 Å². The molecule has 0 radical (unpaired) electrons. The quantitative estimate of drug-likeness (QED) is 0.792. The van der Waals surface area contributed by atoms with E-state index in [1.54, 1.807) is 0 Å². The number of nitrogens with zero attached hydrogens (tertiary/aromatic N) is 1. The summed E-state index contributed by atoms with van der Waals surface area (Å²) in [6.07, 6.45) is -1.81. The lowest BCUT2D eigenvalue weighted by Crippen LogP contribution is -2.33. The minimum atomic E-state index is -1.35. The van der Waals surface area contributed by atoms with Gasteiger partial charge in [0.25, 0.3) is 5.56 Å². The van der Waals surface area contributed by atoms with Crippen LogP contribution in [-0.2, 0) is 14.3 Å². The predicted octanol–water partition coefficient (Wildman–Crippen LogP) is 0.0337. The van der Waals surface area contributed by atoms with Gasteiger partial charge in [-0.2, -0.15) is 0 Å². The molecule has 0 saturated carbocycles. The van der Waals surface area contributed by atoms with Crippen molar-refractivity contribution in [1.29, 1.82) is 0 Å². The SMILES string of the molecule is CC(=O)OC[C@@H]1O[C@H](n2cc(C)c(=O)[nH]c2=O)C[C@H]1F. The Balaban J connectivity index is 2.16. The van der Waals surface area contributed by atoms with Gasteiger partial charge in [-0.05, 0) is 6.92 Å². The molecule has 1 aromatic heterocycles. The van der Waals surface area contributed by atoms with Crippen molar-refractivity contribution in [2.75, 3.05) is 6.61 Å². The number of halogens is 1. The third-order valence-electron chi connectivity index (χ3n) is 3.07. The Labute approximate surface area is 113 Å². The van der Waals surface area contributed by atoms with Crippen LogP contribution < -0.4 is 11.2 Å². The average molecular weight is 286 g/mol. The fourth-order valence-electron chi connectivity index (χ4n) is 2.01. The van der Waals surface area contributed by atoms with E-state index in [0.29, 0.717) is 5.56 Å². The summed E-state index contributed by atoms with van der Waals surface area (Å²) in [5.74, 6) is -0.527. The van der Waals surface area contributed by atoms with Crippen molar-refractivity contribution in [3.8, 4) is 0 Å². The van der Waals surface area contributed by atoms with Gasteiger partial charge in [-0.1, -0.05) is 0 Å². The Hall–Kier alpha value is -1.96. The summed E-state index contributed by atoms with van der Waals surface area (Å²) < 4.78 is 25.0. The minimum absolute atomic E-state index is 0.0443. The van der Waals surface area contributed by atoms with Gasteiger partial charge in [-0.3, -0.25) is 19.1 Å². The van der Waals surface area contributed by atoms with E-state index in [9.17, 15) is 18.8 Å². The predicted molar refractivity (Wildman–Crippen MR) is 66.1 cm³/mol. The van der Waals surface area contributed by atoms with Crippen molar-refractivity contribution in [2.45, 2.75) is 38.8 Å². The number of hydrogen-bond donors (Lipinski definition) is 1. The lowest BCUT2D eigenvalue weighted by Gasteiger charge is -2.15. The topological polar surface area (TPSA) is 90.4 Å². The molecule has 2 rings (SSSR count). The van der Waals surface area contributed by atoms with Gasteiger partial charge >= 0.3 is 11.7 Å². The molecular weight excluding hydrogens is 271 g/mol. The Morgan fingerprint density at radius 3 is 2.95 bits per heavy atom. The van der Waals surface area contributed by atoms with E-state index in [4.69, 9.17) is 9.47 Å². The van der Waals surface area contributed by atoms with Crippen LogP contribution in [-0.4, -0.2) is 34.4 Å². The molecule has 0 bridgehead atoms. The molecule has 0 unspecified atom stereocenters. The molecule has 0 aromatic carbocycles. The van der Waals surface area contributed by atoms with Crippen LogP contribution in [0.2, 0.25) is 0 Å². The highest BCUT2D eigenvalue weighted by Gasteiger charge is 2.37. The first kappa shape index (κ1) is 14.4. The molecular formula is C12H15FN2O5. The zero-order chi connectivity index (χ0) is 14.9. The molecule has 7 nitrogen and oxygen atoms in total. The third kappa shape index (κ3) is 2.96. The van der Waals surface area contributed by atoms with Crippen LogP contribution >= 0.6 is 0 Å². The number of hydrogen-bond acceptors (Lipinski definition) is 5. The summed E-state index contributed by atoms with van der Waals surface area (Å²) in [6, 6.07) is 0. The van der Waals surface area contributed by atoms with Gasteiger partial charge in [0.1, 0.15) is 25.1 Å². The average Bonchev–Trinajstić information content (AvgIpc) is 2.72. The molecule has 1 aliphatic heterocycles. The number of aromatic amines is 1. The fourth-order valence-corrected chi connectivity index (χ4v) is 2.01. The molecule has 0 spiro atoms. The number of rotatable bonds is 3. The van der Waals surface area contributed by atoms with Gasteiger partial charge in [0.05, 0.1) is 0 Å². The lowest BCUT2D eigenvalue weighted by atomic mass is 10.2. The van der Waals surface area contributed by atoms with E-state index in [1.165, 1.54) is 20.0 Å². The van der Waals surface area contributed by atoms with E-state index >= 15 is 0 Å². The van der Waals surface area contributed by atoms with Crippen LogP contribution in [0.15, 0.2) is 15.8 Å². The summed E-state index contributed by atoms with van der Waals surface area (Å²) in [4.78, 5) is 35.8. The van der Waals surface area contributed by atoms with Crippen molar-refractivity contribution in [3.05, 3.63) is 32.6 Å². The van der Waals surface area contributed by atoms with Gasteiger partial charge in [-0.25, -0.2) is 9.18 Å². The van der Waals surface area contributed by atoms with Gasteiger partial charge in [0.15, 0.2) is 0 Å². The Morgan fingerprint density at radius 1 is 1.60 bits per heavy atom. The number of carbonyl (C=O) groups is 1. The maximum atomic E-state index is 13.8. The maximum Gasteiger partial charge on any atom is 0.330 e. The summed E-state index contributed by atoms with van der Waals surface area (Å²) in [6.45, 7) is 2.55. The molecule has 1 fully saturated rings. The van der Waals surface area contributed by atoms with E-state index < -0.39 is 35.7 Å². The zero-order valence-corrected chi connectivity index (χ0v) is 11.1. The van der Waals surface area contributed by atoms with Crippen molar-refractivity contribution < 1.29 is 18.7 Å². The van der Waals surface area contributed by atoms with Crippen molar-refractivity contribution in [3.63, 3.8) is 0 Å². The van der Waals surface area contributed by atoms with Crippen molar-refractivity contribution in [2.24, 2.45) is 0 Å². The standard InChI is InChI=1S/C12H15FN2O5/c1-6-4-15(12(18)14-11(6)17)10-3-8(13)9(20-10)5-19-7(2)16/h4,8-10H,3,5H2,1-2H3,(H,14,17,18)/t8-,9+,10+/m1/s1. The highest BCUT2D eigenvalue weighted by Crippen LogP contribution is 2.30. The zero-order valence-electron chi connectivity index (χ0n) is 11.1. The summed E-state index contributed by atoms with van der Waals surface area (Å²) >= 11 is 0. The molecule has 20 heavy (non-hydrogen) atoms. The lowest BCUT2D eigenvalue weighted by molar-refractivity contribution is -0.146.